The highest BCUT2D eigenvalue weighted by atomic mass is 35.5. The SMILES string of the molecule is COc1nc(-c2ccnc(-c3cccc(Nc4cccc(CNC[C@H](C)O)c4F)c3Cl)c2Cl)ccc1CNC[C@H]1CCC(=O)N1. The number of methoxy groups -OCH3 is 1. The number of aliphatic hydroxyl groups is 1. The van der Waals surface area contributed by atoms with Gasteiger partial charge in [0, 0.05) is 67.1 Å². The normalized spacial score (nSPS) is 15.2. The maximum absolute atomic E-state index is 15.3. The van der Waals surface area contributed by atoms with Gasteiger partial charge in [0.15, 0.2) is 5.82 Å². The summed E-state index contributed by atoms with van der Waals surface area (Å²) >= 11 is 13.8. The summed E-state index contributed by atoms with van der Waals surface area (Å²) in [7, 11) is 1.56. The highest BCUT2D eigenvalue weighted by molar-refractivity contribution is 6.39. The van der Waals surface area contributed by atoms with Crippen molar-refractivity contribution in [3.63, 3.8) is 0 Å². The minimum atomic E-state index is -0.534. The van der Waals surface area contributed by atoms with Crippen molar-refractivity contribution < 1.29 is 19.0 Å². The number of amides is 1. The van der Waals surface area contributed by atoms with Crippen LogP contribution in [0.1, 0.15) is 30.9 Å². The van der Waals surface area contributed by atoms with Gasteiger partial charge in [-0.1, -0.05) is 53.5 Å². The Labute approximate surface area is 271 Å². The maximum Gasteiger partial charge on any atom is 0.220 e. The van der Waals surface area contributed by atoms with Crippen molar-refractivity contribution in [2.75, 3.05) is 25.5 Å². The topological polar surface area (TPSA) is 120 Å². The average molecular weight is 654 g/mol. The molecule has 2 aromatic heterocycles. The molecule has 0 radical (unpaired) electrons. The molecule has 236 valence electrons. The number of halogens is 3. The first kappa shape index (κ1) is 32.6. The molecule has 5 N–H and O–H groups in total. The summed E-state index contributed by atoms with van der Waals surface area (Å²) in [4.78, 5) is 20.7. The summed E-state index contributed by atoms with van der Waals surface area (Å²) in [5.74, 6) is 0.124. The Balaban J connectivity index is 1.36. The third kappa shape index (κ3) is 7.89. The Morgan fingerprint density at radius 3 is 2.56 bits per heavy atom. The number of nitrogens with zero attached hydrogens (tertiary/aromatic N) is 2. The maximum atomic E-state index is 15.3. The molecular weight excluding hydrogens is 618 g/mol. The molecule has 1 aliphatic rings. The van der Waals surface area contributed by atoms with E-state index >= 15 is 4.39 Å². The van der Waals surface area contributed by atoms with Gasteiger partial charge >= 0.3 is 0 Å². The smallest absolute Gasteiger partial charge is 0.220 e. The number of rotatable bonds is 13. The summed E-state index contributed by atoms with van der Waals surface area (Å²) in [5, 5.41) is 22.6. The number of aliphatic hydroxyl groups excluding tert-OH is 1. The van der Waals surface area contributed by atoms with Crippen LogP contribution in [0.3, 0.4) is 0 Å². The number of benzene rings is 2. The number of nitrogens with one attached hydrogen (secondary N) is 4. The Morgan fingerprint density at radius 1 is 1.02 bits per heavy atom. The van der Waals surface area contributed by atoms with Crippen LogP contribution < -0.4 is 26.0 Å². The molecular formula is C33H35Cl2FN6O3. The third-order valence-electron chi connectivity index (χ3n) is 7.45. The van der Waals surface area contributed by atoms with E-state index in [1.165, 1.54) is 0 Å². The fraction of sp³-hybridized carbons (Fsp3) is 0.303. The number of pyridine rings is 2. The fourth-order valence-electron chi connectivity index (χ4n) is 5.16. The largest absolute Gasteiger partial charge is 0.481 e. The first-order chi connectivity index (χ1) is 21.7. The van der Waals surface area contributed by atoms with Gasteiger partial charge in [-0.05, 0) is 37.6 Å². The molecule has 4 aromatic rings. The van der Waals surface area contributed by atoms with Gasteiger partial charge in [-0.25, -0.2) is 9.37 Å². The molecule has 1 fully saturated rings. The van der Waals surface area contributed by atoms with Crippen molar-refractivity contribution in [3.8, 4) is 28.4 Å². The zero-order valence-corrected chi connectivity index (χ0v) is 26.5. The standard InChI is InChI=1S/C33H35Cl2FN6O3/c1-19(43)15-37-16-20-5-3-8-27(31(20)36)41-26-7-4-6-24(29(26)34)32-30(35)23(13-14-39-32)25-11-9-21(33(42-25)45-2)17-38-18-22-10-12-28(44)40-22/h3-9,11,13-14,19,22,37-38,41,43H,10,12,15-18H2,1-2H3,(H,40,44)/t19-,22+/m0/s1. The second-order valence-electron chi connectivity index (χ2n) is 10.9. The Kier molecular flexibility index (Phi) is 10.9. The van der Waals surface area contributed by atoms with Gasteiger partial charge < -0.3 is 31.1 Å². The number of hydrogen-bond donors (Lipinski definition) is 5. The van der Waals surface area contributed by atoms with Gasteiger partial charge in [0.2, 0.25) is 11.8 Å². The number of hydrogen-bond acceptors (Lipinski definition) is 8. The molecule has 2 atom stereocenters. The van der Waals surface area contributed by atoms with Crippen molar-refractivity contribution in [2.24, 2.45) is 0 Å². The number of carbonyl (C=O) groups excluding carboxylic acids is 1. The fourth-order valence-corrected chi connectivity index (χ4v) is 5.73. The van der Waals surface area contributed by atoms with Crippen molar-refractivity contribution in [1.29, 1.82) is 0 Å². The molecule has 1 amide bonds. The molecule has 45 heavy (non-hydrogen) atoms. The Bertz CT molecular complexity index is 1670. The molecule has 12 heteroatoms. The molecule has 1 aliphatic heterocycles. The van der Waals surface area contributed by atoms with Crippen LogP contribution in [-0.4, -0.2) is 53.3 Å². The number of carbonyl (C=O) groups is 1. The van der Waals surface area contributed by atoms with Gasteiger partial charge in [-0.2, -0.15) is 0 Å². The molecule has 0 aliphatic carbocycles. The summed E-state index contributed by atoms with van der Waals surface area (Å²) in [6.07, 6.45) is 2.48. The van der Waals surface area contributed by atoms with Crippen LogP contribution in [0.4, 0.5) is 15.8 Å². The van der Waals surface area contributed by atoms with Gasteiger partial charge in [0.1, 0.15) is 0 Å². The van der Waals surface area contributed by atoms with E-state index in [4.69, 9.17) is 32.9 Å². The van der Waals surface area contributed by atoms with Crippen molar-refractivity contribution >= 4 is 40.5 Å². The second-order valence-corrected chi connectivity index (χ2v) is 11.6. The molecule has 3 heterocycles. The van der Waals surface area contributed by atoms with Gasteiger partial charge in [0.25, 0.3) is 0 Å². The summed E-state index contributed by atoms with van der Waals surface area (Å²) in [6.45, 7) is 3.46. The molecule has 0 bridgehead atoms. The highest BCUT2D eigenvalue weighted by Crippen LogP contribution is 2.41. The van der Waals surface area contributed by atoms with E-state index in [1.54, 1.807) is 62.7 Å². The zero-order valence-electron chi connectivity index (χ0n) is 25.0. The van der Waals surface area contributed by atoms with E-state index in [-0.39, 0.29) is 24.2 Å². The Hall–Kier alpha value is -3.80. The van der Waals surface area contributed by atoms with Crippen LogP contribution in [0.15, 0.2) is 60.8 Å². The van der Waals surface area contributed by atoms with Crippen LogP contribution in [0.2, 0.25) is 10.0 Å². The van der Waals surface area contributed by atoms with Crippen molar-refractivity contribution in [1.82, 2.24) is 25.9 Å². The highest BCUT2D eigenvalue weighted by Gasteiger charge is 2.21. The summed E-state index contributed by atoms with van der Waals surface area (Å²) in [5.41, 5.74) is 4.33. The zero-order chi connectivity index (χ0) is 31.9. The van der Waals surface area contributed by atoms with E-state index in [1.807, 2.05) is 12.1 Å². The minimum absolute atomic E-state index is 0.0840. The molecule has 5 rings (SSSR count). The van der Waals surface area contributed by atoms with E-state index < -0.39 is 11.9 Å². The first-order valence-electron chi connectivity index (χ1n) is 14.7. The quantitative estimate of drug-likeness (QED) is 0.122. The first-order valence-corrected chi connectivity index (χ1v) is 15.4. The van der Waals surface area contributed by atoms with E-state index in [0.29, 0.717) is 75.7 Å². The minimum Gasteiger partial charge on any atom is -0.481 e. The van der Waals surface area contributed by atoms with E-state index in [0.717, 1.165) is 12.0 Å². The summed E-state index contributed by atoms with van der Waals surface area (Å²) in [6, 6.07) is 16.1. The molecule has 0 unspecified atom stereocenters. The van der Waals surface area contributed by atoms with Gasteiger partial charge in [-0.15, -0.1) is 0 Å². The predicted molar refractivity (Wildman–Crippen MR) is 175 cm³/mol. The molecule has 0 saturated carbocycles. The van der Waals surface area contributed by atoms with Gasteiger partial charge in [0.05, 0.1) is 46.0 Å². The average Bonchev–Trinajstić information content (AvgIpc) is 3.45. The second kappa shape index (κ2) is 15.0. The Morgan fingerprint density at radius 2 is 1.80 bits per heavy atom. The lowest BCUT2D eigenvalue weighted by Crippen LogP contribution is -2.35. The monoisotopic (exact) mass is 652 g/mol. The van der Waals surface area contributed by atoms with E-state index in [9.17, 15) is 9.90 Å². The number of aromatic nitrogens is 2. The van der Waals surface area contributed by atoms with Crippen LogP contribution in [0.25, 0.3) is 22.5 Å². The lowest BCUT2D eigenvalue weighted by atomic mass is 10.0. The number of ether oxygens (including phenoxy) is 1. The predicted octanol–water partition coefficient (Wildman–Crippen LogP) is 5.85. The number of anilines is 2. The summed E-state index contributed by atoms with van der Waals surface area (Å²) < 4.78 is 20.9. The lowest BCUT2D eigenvalue weighted by Gasteiger charge is -2.16. The van der Waals surface area contributed by atoms with Crippen LogP contribution in [0.5, 0.6) is 5.88 Å². The van der Waals surface area contributed by atoms with Crippen LogP contribution >= 0.6 is 23.2 Å². The van der Waals surface area contributed by atoms with Crippen LogP contribution in [-0.2, 0) is 17.9 Å². The van der Waals surface area contributed by atoms with E-state index in [2.05, 4.69) is 26.3 Å². The molecule has 1 saturated heterocycles. The van der Waals surface area contributed by atoms with Gasteiger partial charge in [-0.3, -0.25) is 9.78 Å². The molecule has 9 nitrogen and oxygen atoms in total. The van der Waals surface area contributed by atoms with Crippen LogP contribution in [0, 0.1) is 5.82 Å². The molecule has 0 spiro atoms. The lowest BCUT2D eigenvalue weighted by molar-refractivity contribution is -0.119. The van der Waals surface area contributed by atoms with Crippen molar-refractivity contribution in [2.45, 2.75) is 45.0 Å². The molecule has 2 aromatic carbocycles. The van der Waals surface area contributed by atoms with Crippen molar-refractivity contribution in [3.05, 3.63) is 87.8 Å². The third-order valence-corrected chi connectivity index (χ3v) is 8.24.